The minimum atomic E-state index is -3.52. The minimum Gasteiger partial charge on any atom is -0.484 e. The maximum atomic E-state index is 12.1. The molecule has 1 amide bonds. The molecule has 0 bridgehead atoms. The molecular weight excluding hydrogens is 370 g/mol. The van der Waals surface area contributed by atoms with E-state index in [1.54, 1.807) is 12.1 Å². The van der Waals surface area contributed by atoms with Crippen LogP contribution < -0.4 is 14.8 Å². The summed E-state index contributed by atoms with van der Waals surface area (Å²) in [6, 6.07) is 6.03. The highest BCUT2D eigenvalue weighted by Crippen LogP contribution is 2.16. The molecule has 1 aromatic carbocycles. The van der Waals surface area contributed by atoms with Crippen LogP contribution in [0.2, 0.25) is 0 Å². The lowest BCUT2D eigenvalue weighted by Gasteiger charge is -2.26. The van der Waals surface area contributed by atoms with E-state index in [4.69, 9.17) is 9.47 Å². The minimum absolute atomic E-state index is 0.110. The summed E-state index contributed by atoms with van der Waals surface area (Å²) in [7, 11) is -3.52. The van der Waals surface area contributed by atoms with Gasteiger partial charge in [0.25, 0.3) is 5.91 Å². The monoisotopic (exact) mass is 399 g/mol. The molecule has 2 rings (SSSR count). The number of hydrogen-bond acceptors (Lipinski definition) is 6. The zero-order valence-electron chi connectivity index (χ0n) is 15.9. The van der Waals surface area contributed by atoms with E-state index in [2.05, 4.69) is 14.9 Å². The molecule has 0 radical (unpaired) electrons. The van der Waals surface area contributed by atoms with Crippen LogP contribution in [0, 0.1) is 5.92 Å². The van der Waals surface area contributed by atoms with Crippen LogP contribution in [0.4, 0.5) is 0 Å². The summed E-state index contributed by atoms with van der Waals surface area (Å²) >= 11 is 0. The molecule has 0 saturated carbocycles. The Kier molecular flexibility index (Phi) is 8.49. The van der Waals surface area contributed by atoms with Crippen molar-refractivity contribution >= 4 is 15.9 Å². The Hall–Kier alpha value is -1.68. The molecule has 27 heavy (non-hydrogen) atoms. The molecule has 0 unspecified atom stereocenters. The highest BCUT2D eigenvalue weighted by molar-refractivity contribution is 7.89. The fraction of sp³-hybridized carbons (Fsp3) is 0.611. The number of amides is 1. The Labute approximate surface area is 161 Å². The second-order valence-electron chi connectivity index (χ2n) is 6.81. The number of nitrogens with one attached hydrogen (secondary N) is 2. The summed E-state index contributed by atoms with van der Waals surface area (Å²) in [4.78, 5) is 14.3. The standard InChI is InChI=1S/C18H29N3O5S/c1-15(2)13-20-27(23,24)17-5-3-16(4-6-17)26-14-18(22)19-7-8-21-9-11-25-12-10-21/h3-6,15,20H,7-14H2,1-2H3,(H,19,22). The van der Waals surface area contributed by atoms with Gasteiger partial charge in [-0.1, -0.05) is 13.8 Å². The molecule has 1 aromatic rings. The van der Waals surface area contributed by atoms with Crippen LogP contribution in [0.1, 0.15) is 13.8 Å². The van der Waals surface area contributed by atoms with E-state index < -0.39 is 10.0 Å². The fourth-order valence-electron chi connectivity index (χ4n) is 2.45. The number of hydrogen-bond donors (Lipinski definition) is 2. The first kappa shape index (κ1) is 21.6. The number of rotatable bonds is 10. The lowest BCUT2D eigenvalue weighted by molar-refractivity contribution is -0.123. The van der Waals surface area contributed by atoms with E-state index in [0.717, 1.165) is 32.8 Å². The Morgan fingerprint density at radius 1 is 1.22 bits per heavy atom. The van der Waals surface area contributed by atoms with Gasteiger partial charge in [0.2, 0.25) is 10.0 Å². The number of benzene rings is 1. The number of carbonyl (C=O) groups is 1. The molecule has 1 saturated heterocycles. The molecule has 0 spiro atoms. The fourth-order valence-corrected chi connectivity index (χ4v) is 3.67. The quantitative estimate of drug-likeness (QED) is 0.593. The Balaban J connectivity index is 1.71. The van der Waals surface area contributed by atoms with E-state index in [-0.39, 0.29) is 23.3 Å². The van der Waals surface area contributed by atoms with Crippen LogP contribution in [0.25, 0.3) is 0 Å². The van der Waals surface area contributed by atoms with Crippen molar-refractivity contribution in [3.63, 3.8) is 0 Å². The van der Waals surface area contributed by atoms with Gasteiger partial charge in [0, 0.05) is 32.7 Å². The average molecular weight is 400 g/mol. The van der Waals surface area contributed by atoms with Crippen molar-refractivity contribution in [2.75, 3.05) is 52.5 Å². The summed E-state index contributed by atoms with van der Waals surface area (Å²) in [6.07, 6.45) is 0. The van der Waals surface area contributed by atoms with Crippen molar-refractivity contribution in [2.45, 2.75) is 18.7 Å². The first-order chi connectivity index (χ1) is 12.9. The zero-order chi connectivity index (χ0) is 19.7. The molecular formula is C18H29N3O5S. The number of ether oxygens (including phenoxy) is 2. The third-order valence-electron chi connectivity index (χ3n) is 4.04. The van der Waals surface area contributed by atoms with E-state index in [0.29, 0.717) is 18.8 Å². The third kappa shape index (κ3) is 7.84. The van der Waals surface area contributed by atoms with Crippen LogP contribution >= 0.6 is 0 Å². The highest BCUT2D eigenvalue weighted by Gasteiger charge is 2.14. The smallest absolute Gasteiger partial charge is 0.257 e. The van der Waals surface area contributed by atoms with E-state index >= 15 is 0 Å². The molecule has 0 atom stereocenters. The second kappa shape index (κ2) is 10.6. The van der Waals surface area contributed by atoms with Gasteiger partial charge in [-0.15, -0.1) is 0 Å². The van der Waals surface area contributed by atoms with Crippen LogP contribution in [0.5, 0.6) is 5.75 Å². The Morgan fingerprint density at radius 3 is 2.52 bits per heavy atom. The lowest BCUT2D eigenvalue weighted by atomic mass is 10.2. The number of morpholine rings is 1. The van der Waals surface area contributed by atoms with Crippen molar-refractivity contribution < 1.29 is 22.7 Å². The van der Waals surface area contributed by atoms with Crippen LogP contribution in [0.3, 0.4) is 0 Å². The normalized spacial score (nSPS) is 15.7. The lowest BCUT2D eigenvalue weighted by Crippen LogP contribution is -2.42. The second-order valence-corrected chi connectivity index (χ2v) is 8.58. The van der Waals surface area contributed by atoms with Crippen LogP contribution in [-0.4, -0.2) is 71.8 Å². The van der Waals surface area contributed by atoms with Gasteiger partial charge in [-0.2, -0.15) is 0 Å². The highest BCUT2D eigenvalue weighted by atomic mass is 32.2. The summed E-state index contributed by atoms with van der Waals surface area (Å²) < 4.78 is 37.5. The summed E-state index contributed by atoms with van der Waals surface area (Å²) in [6.45, 7) is 8.71. The van der Waals surface area contributed by atoms with Gasteiger partial charge in [0.15, 0.2) is 6.61 Å². The van der Waals surface area contributed by atoms with Gasteiger partial charge in [-0.25, -0.2) is 13.1 Å². The summed E-state index contributed by atoms with van der Waals surface area (Å²) in [5.41, 5.74) is 0. The van der Waals surface area contributed by atoms with E-state index in [9.17, 15) is 13.2 Å². The number of carbonyl (C=O) groups excluding carboxylic acids is 1. The predicted molar refractivity (Wildman–Crippen MR) is 102 cm³/mol. The number of nitrogens with zero attached hydrogens (tertiary/aromatic N) is 1. The zero-order valence-corrected chi connectivity index (χ0v) is 16.8. The van der Waals surface area contributed by atoms with E-state index in [1.807, 2.05) is 13.8 Å². The van der Waals surface area contributed by atoms with Gasteiger partial charge in [-0.05, 0) is 30.2 Å². The molecule has 0 aromatic heterocycles. The SMILES string of the molecule is CC(C)CNS(=O)(=O)c1ccc(OCC(=O)NCCN2CCOCC2)cc1. The first-order valence-electron chi connectivity index (χ1n) is 9.16. The largest absolute Gasteiger partial charge is 0.484 e. The molecule has 1 aliphatic heterocycles. The Bertz CT molecular complexity index is 685. The van der Waals surface area contributed by atoms with Crippen LogP contribution in [0.15, 0.2) is 29.2 Å². The van der Waals surface area contributed by atoms with Crippen molar-refractivity contribution in [3.05, 3.63) is 24.3 Å². The molecule has 1 heterocycles. The van der Waals surface area contributed by atoms with Crippen LogP contribution in [-0.2, 0) is 19.6 Å². The van der Waals surface area contributed by atoms with Gasteiger partial charge in [0.1, 0.15) is 5.75 Å². The van der Waals surface area contributed by atoms with Crippen molar-refractivity contribution in [1.29, 1.82) is 0 Å². The van der Waals surface area contributed by atoms with Gasteiger partial charge in [0.05, 0.1) is 18.1 Å². The molecule has 1 fully saturated rings. The first-order valence-corrected chi connectivity index (χ1v) is 10.6. The van der Waals surface area contributed by atoms with Gasteiger partial charge < -0.3 is 14.8 Å². The molecule has 8 nitrogen and oxygen atoms in total. The Morgan fingerprint density at radius 2 is 1.89 bits per heavy atom. The van der Waals surface area contributed by atoms with Crippen molar-refractivity contribution in [2.24, 2.45) is 5.92 Å². The number of sulfonamides is 1. The maximum Gasteiger partial charge on any atom is 0.257 e. The summed E-state index contributed by atoms with van der Waals surface area (Å²) in [5.74, 6) is 0.462. The molecule has 0 aliphatic carbocycles. The molecule has 2 N–H and O–H groups in total. The molecule has 1 aliphatic rings. The third-order valence-corrected chi connectivity index (χ3v) is 5.48. The topological polar surface area (TPSA) is 97.0 Å². The average Bonchev–Trinajstić information content (AvgIpc) is 2.66. The summed E-state index contributed by atoms with van der Waals surface area (Å²) in [5, 5.41) is 2.81. The van der Waals surface area contributed by atoms with Crippen molar-refractivity contribution in [3.8, 4) is 5.75 Å². The van der Waals surface area contributed by atoms with E-state index in [1.165, 1.54) is 12.1 Å². The molecule has 152 valence electrons. The predicted octanol–water partition coefficient (Wildman–Crippen LogP) is 0.448. The maximum absolute atomic E-state index is 12.1. The molecule has 9 heteroatoms. The van der Waals surface area contributed by atoms with Gasteiger partial charge >= 0.3 is 0 Å². The van der Waals surface area contributed by atoms with Gasteiger partial charge in [-0.3, -0.25) is 9.69 Å². The van der Waals surface area contributed by atoms with Crippen molar-refractivity contribution in [1.82, 2.24) is 14.9 Å².